The molecule has 1 aliphatic heterocycles. The molecule has 1 saturated heterocycles. The summed E-state index contributed by atoms with van der Waals surface area (Å²) in [5.41, 5.74) is 0.310. The molecule has 2 rings (SSSR count). The molecule has 7 nitrogen and oxygen atoms in total. The maximum absolute atomic E-state index is 13.2. The SMILES string of the molecule is CC(C)(C)OC(=O)N1C(c2ccccc2)SC(C)(C)[C@@H]1C=C[C@@H](O)C[C@H](O)CC(=O)O. The Hall–Kier alpha value is -2.03. The monoisotopic (exact) mass is 451 g/mol. The van der Waals surface area contributed by atoms with Gasteiger partial charge in [-0.3, -0.25) is 9.69 Å². The second-order valence-corrected chi connectivity index (χ2v) is 11.0. The third kappa shape index (κ3) is 7.26. The lowest BCUT2D eigenvalue weighted by Gasteiger charge is -2.33. The van der Waals surface area contributed by atoms with Crippen molar-refractivity contribution >= 4 is 23.8 Å². The minimum absolute atomic E-state index is 0.0996. The molecule has 0 radical (unpaired) electrons. The number of aliphatic hydroxyl groups is 2. The highest BCUT2D eigenvalue weighted by Gasteiger charge is 2.50. The summed E-state index contributed by atoms with van der Waals surface area (Å²) < 4.78 is 5.30. The van der Waals surface area contributed by atoms with Crippen molar-refractivity contribution in [2.24, 2.45) is 0 Å². The summed E-state index contributed by atoms with van der Waals surface area (Å²) in [6.07, 6.45) is 0.0943. The Labute approximate surface area is 188 Å². The van der Waals surface area contributed by atoms with E-state index in [0.717, 1.165) is 5.56 Å². The fraction of sp³-hybridized carbons (Fsp3) is 0.565. The van der Waals surface area contributed by atoms with E-state index in [1.54, 1.807) is 22.7 Å². The number of benzene rings is 1. The first-order chi connectivity index (χ1) is 14.3. The highest BCUT2D eigenvalue weighted by molar-refractivity contribution is 8.01. The molecule has 1 aromatic rings. The molecule has 0 aliphatic carbocycles. The van der Waals surface area contributed by atoms with Gasteiger partial charge in [-0.1, -0.05) is 42.5 Å². The molecule has 1 heterocycles. The first-order valence-corrected chi connectivity index (χ1v) is 11.2. The molecule has 1 aromatic carbocycles. The van der Waals surface area contributed by atoms with Crippen molar-refractivity contribution in [2.45, 2.75) is 81.4 Å². The number of amides is 1. The minimum Gasteiger partial charge on any atom is -0.481 e. The molecule has 1 fully saturated rings. The lowest BCUT2D eigenvalue weighted by Crippen LogP contribution is -2.45. The number of thioether (sulfide) groups is 1. The maximum Gasteiger partial charge on any atom is 0.412 e. The van der Waals surface area contributed by atoms with Crippen LogP contribution in [0.4, 0.5) is 4.79 Å². The Bertz CT molecular complexity index is 789. The third-order valence-corrected chi connectivity index (χ3v) is 6.38. The Balaban J connectivity index is 2.30. The number of hydrogen-bond acceptors (Lipinski definition) is 6. The number of aliphatic carboxylic acids is 1. The van der Waals surface area contributed by atoms with Gasteiger partial charge in [0, 0.05) is 11.2 Å². The molecule has 0 aromatic heterocycles. The Morgan fingerprint density at radius 3 is 2.39 bits per heavy atom. The number of carbonyl (C=O) groups is 2. The zero-order valence-corrected chi connectivity index (χ0v) is 19.5. The van der Waals surface area contributed by atoms with Crippen molar-refractivity contribution in [1.29, 1.82) is 0 Å². The fourth-order valence-electron chi connectivity index (χ4n) is 3.47. The summed E-state index contributed by atoms with van der Waals surface area (Å²) in [6.45, 7) is 9.50. The van der Waals surface area contributed by atoms with Crippen LogP contribution in [0.1, 0.15) is 58.4 Å². The number of hydrogen-bond donors (Lipinski definition) is 3. The smallest absolute Gasteiger partial charge is 0.412 e. The number of nitrogens with zero attached hydrogens (tertiary/aromatic N) is 1. The van der Waals surface area contributed by atoms with Crippen molar-refractivity contribution in [1.82, 2.24) is 4.90 Å². The molecule has 0 bridgehead atoms. The van der Waals surface area contributed by atoms with Crippen LogP contribution in [0.5, 0.6) is 0 Å². The van der Waals surface area contributed by atoms with E-state index in [2.05, 4.69) is 0 Å². The van der Waals surface area contributed by atoms with Crippen LogP contribution in [0, 0.1) is 0 Å². The summed E-state index contributed by atoms with van der Waals surface area (Å²) in [5, 5.41) is 28.6. The van der Waals surface area contributed by atoms with Crippen LogP contribution in [0.15, 0.2) is 42.5 Å². The number of carboxylic acids is 1. The highest BCUT2D eigenvalue weighted by Crippen LogP contribution is 2.53. The van der Waals surface area contributed by atoms with Crippen LogP contribution >= 0.6 is 11.8 Å². The van der Waals surface area contributed by atoms with Gasteiger partial charge in [0.1, 0.15) is 11.0 Å². The molecule has 1 amide bonds. The third-order valence-electron chi connectivity index (χ3n) is 4.81. The van der Waals surface area contributed by atoms with Crippen molar-refractivity contribution in [3.8, 4) is 0 Å². The van der Waals surface area contributed by atoms with Gasteiger partial charge < -0.3 is 20.1 Å². The highest BCUT2D eigenvalue weighted by atomic mass is 32.2. The van der Waals surface area contributed by atoms with Gasteiger partial charge in [-0.15, -0.1) is 11.8 Å². The average Bonchev–Trinajstić information content (AvgIpc) is 2.89. The van der Waals surface area contributed by atoms with Crippen LogP contribution in [-0.2, 0) is 9.53 Å². The molecule has 0 saturated carbocycles. The molecule has 1 unspecified atom stereocenters. The average molecular weight is 452 g/mol. The molecule has 3 N–H and O–H groups in total. The Kier molecular flexibility index (Phi) is 8.19. The van der Waals surface area contributed by atoms with E-state index in [9.17, 15) is 19.8 Å². The van der Waals surface area contributed by atoms with Crippen molar-refractivity contribution in [2.75, 3.05) is 0 Å². The number of ether oxygens (including phenoxy) is 1. The zero-order valence-electron chi connectivity index (χ0n) is 18.7. The van der Waals surface area contributed by atoms with Crippen LogP contribution in [-0.4, -0.2) is 60.9 Å². The lowest BCUT2D eigenvalue weighted by molar-refractivity contribution is -0.139. The fourth-order valence-corrected chi connectivity index (χ4v) is 5.00. The Morgan fingerprint density at radius 1 is 1.23 bits per heavy atom. The topological polar surface area (TPSA) is 107 Å². The second kappa shape index (κ2) is 10.1. The van der Waals surface area contributed by atoms with Gasteiger partial charge in [-0.2, -0.15) is 0 Å². The Morgan fingerprint density at radius 2 is 1.84 bits per heavy atom. The van der Waals surface area contributed by atoms with Gasteiger partial charge in [-0.25, -0.2) is 4.79 Å². The van der Waals surface area contributed by atoms with Gasteiger partial charge in [0.2, 0.25) is 0 Å². The zero-order chi connectivity index (χ0) is 23.4. The van der Waals surface area contributed by atoms with E-state index in [4.69, 9.17) is 9.84 Å². The predicted molar refractivity (Wildman–Crippen MR) is 121 cm³/mol. The van der Waals surface area contributed by atoms with Crippen LogP contribution in [0.3, 0.4) is 0 Å². The first-order valence-electron chi connectivity index (χ1n) is 10.3. The number of carboxylic acid groups (broad SMARTS) is 1. The molecule has 31 heavy (non-hydrogen) atoms. The molecule has 4 atom stereocenters. The number of aliphatic hydroxyl groups excluding tert-OH is 2. The van der Waals surface area contributed by atoms with Crippen molar-refractivity contribution < 1.29 is 29.6 Å². The molecule has 1 aliphatic rings. The summed E-state index contributed by atoms with van der Waals surface area (Å²) in [4.78, 5) is 25.6. The lowest BCUT2D eigenvalue weighted by atomic mass is 9.99. The minimum atomic E-state index is -1.15. The van der Waals surface area contributed by atoms with E-state index in [-0.39, 0.29) is 22.6 Å². The van der Waals surface area contributed by atoms with Crippen LogP contribution in [0.2, 0.25) is 0 Å². The van der Waals surface area contributed by atoms with Crippen molar-refractivity contribution in [3.05, 3.63) is 48.0 Å². The van der Waals surface area contributed by atoms with Crippen LogP contribution < -0.4 is 0 Å². The summed E-state index contributed by atoms with van der Waals surface area (Å²) in [7, 11) is 0. The van der Waals surface area contributed by atoms with Gasteiger partial charge in [0.05, 0.1) is 24.7 Å². The molecule has 8 heteroatoms. The van der Waals surface area contributed by atoms with Gasteiger partial charge in [0.15, 0.2) is 0 Å². The molecular weight excluding hydrogens is 418 g/mol. The second-order valence-electron chi connectivity index (χ2n) is 9.26. The summed E-state index contributed by atoms with van der Waals surface area (Å²) in [5.74, 6) is -1.13. The van der Waals surface area contributed by atoms with Gasteiger partial charge in [-0.05, 0) is 40.2 Å². The number of rotatable bonds is 7. The molecule has 172 valence electrons. The maximum atomic E-state index is 13.2. The quantitative estimate of drug-likeness (QED) is 0.539. The van der Waals surface area contributed by atoms with E-state index in [1.807, 2.05) is 65.0 Å². The van der Waals surface area contributed by atoms with E-state index < -0.39 is 36.3 Å². The van der Waals surface area contributed by atoms with Crippen molar-refractivity contribution in [3.63, 3.8) is 0 Å². The largest absolute Gasteiger partial charge is 0.481 e. The van der Waals surface area contributed by atoms with E-state index in [0.29, 0.717) is 0 Å². The normalized spacial score (nSPS) is 23.0. The summed E-state index contributed by atoms with van der Waals surface area (Å²) >= 11 is 1.63. The summed E-state index contributed by atoms with van der Waals surface area (Å²) in [6, 6.07) is 9.31. The predicted octanol–water partition coefficient (Wildman–Crippen LogP) is 3.96. The van der Waals surface area contributed by atoms with Crippen LogP contribution in [0.25, 0.3) is 0 Å². The number of carbonyl (C=O) groups excluding carboxylic acids is 1. The van der Waals surface area contributed by atoms with Gasteiger partial charge >= 0.3 is 12.1 Å². The standard InChI is InChI=1S/C23H33NO6S/c1-22(2,3)30-21(29)24-18(12-11-16(25)13-17(26)14-19(27)28)23(4,5)31-20(24)15-9-7-6-8-10-15/h6-12,16-18,20,25-26H,13-14H2,1-5H3,(H,27,28)/t16-,17+,18+,20?/m1/s1. The van der Waals surface area contributed by atoms with E-state index >= 15 is 0 Å². The first kappa shape index (κ1) is 25.2. The molecular formula is C23H33NO6S. The molecule has 0 spiro atoms. The van der Waals surface area contributed by atoms with E-state index in [1.165, 1.54) is 6.08 Å². The van der Waals surface area contributed by atoms with Gasteiger partial charge in [0.25, 0.3) is 0 Å².